The molecule has 0 unspecified atom stereocenters. The van der Waals surface area contributed by atoms with Gasteiger partial charge >= 0.3 is 0 Å². The van der Waals surface area contributed by atoms with Crippen LogP contribution in [0.15, 0.2) is 42.5 Å². The van der Waals surface area contributed by atoms with Crippen LogP contribution in [0, 0.1) is 5.92 Å². The number of nitrogens with zero attached hydrogens (tertiary/aromatic N) is 1. The third-order valence-electron chi connectivity index (χ3n) is 6.31. The summed E-state index contributed by atoms with van der Waals surface area (Å²) in [6.07, 6.45) is 5.92. The number of ketones is 2. The molecule has 2 atom stereocenters. The zero-order valence-electron chi connectivity index (χ0n) is 17.6. The van der Waals surface area contributed by atoms with Crippen molar-refractivity contribution in [2.24, 2.45) is 11.7 Å². The number of carbonyl (C=O) groups is 2. The number of fused-ring (bicyclic) bond motifs is 1. The van der Waals surface area contributed by atoms with Crippen molar-refractivity contribution in [3.8, 4) is 0 Å². The van der Waals surface area contributed by atoms with Crippen molar-refractivity contribution in [3.05, 3.63) is 48.0 Å². The van der Waals surface area contributed by atoms with Gasteiger partial charge in [0.25, 0.3) is 0 Å². The number of Topliss-reactive ketones (excluding diaryl/α,β-unsaturated/α-hetero) is 2. The van der Waals surface area contributed by atoms with E-state index >= 15 is 0 Å². The minimum absolute atomic E-state index is 0.0265. The normalized spacial score (nSPS) is 18.2. The summed E-state index contributed by atoms with van der Waals surface area (Å²) in [5.41, 5.74) is 6.90. The summed E-state index contributed by atoms with van der Waals surface area (Å²) < 4.78 is 0. The number of benzene rings is 2. The topological polar surface area (TPSA) is 63.4 Å². The Morgan fingerprint density at radius 3 is 2.72 bits per heavy atom. The standard InChI is InChI=1S/C25H34N2O2/c1-19(28)22(9-4-5-15-26)18-25(29)24-13-7-16-27(24)17-14-21-11-6-10-20-8-2-3-12-23(20)21/h2-3,6,8,10-12,22,24H,4-5,7,9,13-18,26H2,1H3/t22-,24+/m1/s1. The van der Waals surface area contributed by atoms with E-state index in [4.69, 9.17) is 5.73 Å². The highest BCUT2D eigenvalue weighted by atomic mass is 16.1. The minimum atomic E-state index is -0.144. The number of rotatable bonds is 11. The van der Waals surface area contributed by atoms with Gasteiger partial charge in [0, 0.05) is 18.9 Å². The zero-order valence-corrected chi connectivity index (χ0v) is 17.6. The van der Waals surface area contributed by atoms with Crippen molar-refractivity contribution in [2.45, 2.75) is 57.9 Å². The summed E-state index contributed by atoms with van der Waals surface area (Å²) in [6.45, 7) is 4.12. The Bertz CT molecular complexity index is 827. The SMILES string of the molecule is CC(=O)[C@H](CCCCN)CC(=O)[C@@H]1CCCN1CCc1cccc2ccccc12. The summed E-state index contributed by atoms with van der Waals surface area (Å²) in [6, 6.07) is 14.9. The van der Waals surface area contributed by atoms with Crippen molar-refractivity contribution in [3.63, 3.8) is 0 Å². The van der Waals surface area contributed by atoms with E-state index in [0.29, 0.717) is 13.0 Å². The molecule has 3 rings (SSSR count). The largest absolute Gasteiger partial charge is 0.330 e. The Kier molecular flexibility index (Phi) is 7.96. The van der Waals surface area contributed by atoms with Gasteiger partial charge in [0.1, 0.15) is 5.78 Å². The fourth-order valence-corrected chi connectivity index (χ4v) is 4.60. The molecule has 0 spiro atoms. The Labute approximate surface area is 174 Å². The van der Waals surface area contributed by atoms with Crippen LogP contribution in [-0.4, -0.2) is 42.1 Å². The molecule has 0 aromatic heterocycles. The van der Waals surface area contributed by atoms with Gasteiger partial charge in [0.15, 0.2) is 5.78 Å². The second kappa shape index (κ2) is 10.7. The first kappa shape index (κ1) is 21.7. The Morgan fingerprint density at radius 1 is 1.14 bits per heavy atom. The van der Waals surface area contributed by atoms with E-state index in [0.717, 1.165) is 51.6 Å². The average Bonchev–Trinajstić information content (AvgIpc) is 3.20. The van der Waals surface area contributed by atoms with Crippen LogP contribution < -0.4 is 5.73 Å². The van der Waals surface area contributed by atoms with E-state index in [1.54, 1.807) is 6.92 Å². The molecule has 4 nitrogen and oxygen atoms in total. The van der Waals surface area contributed by atoms with E-state index < -0.39 is 0 Å². The van der Waals surface area contributed by atoms with Gasteiger partial charge < -0.3 is 5.73 Å². The van der Waals surface area contributed by atoms with E-state index in [1.807, 2.05) is 0 Å². The van der Waals surface area contributed by atoms with Crippen molar-refractivity contribution < 1.29 is 9.59 Å². The number of hydrogen-bond acceptors (Lipinski definition) is 4. The third kappa shape index (κ3) is 5.74. The molecular weight excluding hydrogens is 360 g/mol. The summed E-state index contributed by atoms with van der Waals surface area (Å²) in [7, 11) is 0. The summed E-state index contributed by atoms with van der Waals surface area (Å²) in [5.74, 6) is 0.235. The fourth-order valence-electron chi connectivity index (χ4n) is 4.60. The predicted octanol–water partition coefficient (Wildman–Crippen LogP) is 4.14. The summed E-state index contributed by atoms with van der Waals surface area (Å²) in [4.78, 5) is 27.4. The maximum Gasteiger partial charge on any atom is 0.150 e. The van der Waals surface area contributed by atoms with Crippen molar-refractivity contribution in [2.75, 3.05) is 19.6 Å². The molecule has 0 bridgehead atoms. The highest BCUT2D eigenvalue weighted by Gasteiger charge is 2.32. The zero-order chi connectivity index (χ0) is 20.6. The van der Waals surface area contributed by atoms with Crippen LogP contribution in [0.1, 0.15) is 51.0 Å². The molecule has 0 saturated carbocycles. The molecule has 2 aromatic carbocycles. The van der Waals surface area contributed by atoms with Gasteiger partial charge in [-0.1, -0.05) is 48.9 Å². The van der Waals surface area contributed by atoms with Crippen molar-refractivity contribution >= 4 is 22.3 Å². The Hall–Kier alpha value is -2.04. The molecule has 1 aliphatic rings. The molecule has 2 aromatic rings. The van der Waals surface area contributed by atoms with E-state index in [1.165, 1.54) is 16.3 Å². The lowest BCUT2D eigenvalue weighted by Crippen LogP contribution is -2.38. The molecular formula is C25H34N2O2. The monoisotopic (exact) mass is 394 g/mol. The first-order valence-electron chi connectivity index (χ1n) is 11.0. The van der Waals surface area contributed by atoms with E-state index in [2.05, 4.69) is 47.4 Å². The Morgan fingerprint density at radius 2 is 1.93 bits per heavy atom. The Balaban J connectivity index is 1.60. The second-order valence-electron chi connectivity index (χ2n) is 8.34. The molecule has 0 radical (unpaired) electrons. The van der Waals surface area contributed by atoms with Crippen LogP contribution in [-0.2, 0) is 16.0 Å². The first-order valence-corrected chi connectivity index (χ1v) is 11.0. The highest BCUT2D eigenvalue weighted by Crippen LogP contribution is 2.25. The lowest BCUT2D eigenvalue weighted by molar-refractivity contribution is -0.129. The molecule has 156 valence electrons. The van der Waals surface area contributed by atoms with Crippen LogP contribution in [0.4, 0.5) is 0 Å². The number of unbranched alkanes of at least 4 members (excludes halogenated alkanes) is 1. The van der Waals surface area contributed by atoms with Gasteiger partial charge in [0.05, 0.1) is 6.04 Å². The van der Waals surface area contributed by atoms with Crippen molar-refractivity contribution in [1.29, 1.82) is 0 Å². The second-order valence-corrected chi connectivity index (χ2v) is 8.34. The van der Waals surface area contributed by atoms with Crippen LogP contribution in [0.25, 0.3) is 10.8 Å². The molecule has 1 aliphatic heterocycles. The van der Waals surface area contributed by atoms with Gasteiger partial charge in [-0.25, -0.2) is 0 Å². The van der Waals surface area contributed by atoms with Gasteiger partial charge in [-0.15, -0.1) is 0 Å². The number of hydrogen-bond donors (Lipinski definition) is 1. The van der Waals surface area contributed by atoms with E-state index in [-0.39, 0.29) is 23.5 Å². The lowest BCUT2D eigenvalue weighted by atomic mass is 9.90. The van der Waals surface area contributed by atoms with Gasteiger partial charge in [-0.3, -0.25) is 14.5 Å². The lowest BCUT2D eigenvalue weighted by Gasteiger charge is -2.25. The van der Waals surface area contributed by atoms with E-state index in [9.17, 15) is 9.59 Å². The third-order valence-corrected chi connectivity index (χ3v) is 6.31. The predicted molar refractivity (Wildman–Crippen MR) is 119 cm³/mol. The molecule has 0 amide bonds. The smallest absolute Gasteiger partial charge is 0.150 e. The van der Waals surface area contributed by atoms with Crippen LogP contribution in [0.5, 0.6) is 0 Å². The highest BCUT2D eigenvalue weighted by molar-refractivity contribution is 5.90. The average molecular weight is 395 g/mol. The van der Waals surface area contributed by atoms with Crippen LogP contribution >= 0.6 is 0 Å². The van der Waals surface area contributed by atoms with Crippen LogP contribution in [0.2, 0.25) is 0 Å². The molecule has 1 saturated heterocycles. The maximum absolute atomic E-state index is 13.0. The summed E-state index contributed by atoms with van der Waals surface area (Å²) >= 11 is 0. The summed E-state index contributed by atoms with van der Waals surface area (Å²) in [5, 5.41) is 2.56. The van der Waals surface area contributed by atoms with Gasteiger partial charge in [0.2, 0.25) is 0 Å². The quantitative estimate of drug-likeness (QED) is 0.582. The molecule has 1 fully saturated rings. The molecule has 29 heavy (non-hydrogen) atoms. The number of likely N-dealkylation sites (tertiary alicyclic amines) is 1. The van der Waals surface area contributed by atoms with Gasteiger partial charge in [-0.05, 0) is 68.5 Å². The fraction of sp³-hybridized carbons (Fsp3) is 0.520. The van der Waals surface area contributed by atoms with Gasteiger partial charge in [-0.2, -0.15) is 0 Å². The maximum atomic E-state index is 13.0. The minimum Gasteiger partial charge on any atom is -0.330 e. The molecule has 2 N–H and O–H groups in total. The molecule has 0 aliphatic carbocycles. The molecule has 1 heterocycles. The van der Waals surface area contributed by atoms with Crippen molar-refractivity contribution in [1.82, 2.24) is 4.90 Å². The number of nitrogens with two attached hydrogens (primary N) is 1. The first-order chi connectivity index (χ1) is 14.1. The van der Waals surface area contributed by atoms with Crippen LogP contribution in [0.3, 0.4) is 0 Å². The molecule has 4 heteroatoms. The number of carbonyl (C=O) groups excluding carboxylic acids is 2.